The summed E-state index contributed by atoms with van der Waals surface area (Å²) in [6.07, 6.45) is 3.18. The highest BCUT2D eigenvalue weighted by Crippen LogP contribution is 2.37. The van der Waals surface area contributed by atoms with Gasteiger partial charge >= 0.3 is 12.1 Å². The van der Waals surface area contributed by atoms with Crippen molar-refractivity contribution in [3.05, 3.63) is 64.9 Å². The van der Waals surface area contributed by atoms with Crippen molar-refractivity contribution in [3.63, 3.8) is 0 Å². The van der Waals surface area contributed by atoms with E-state index in [2.05, 4.69) is 26.8 Å². The summed E-state index contributed by atoms with van der Waals surface area (Å²) in [6.45, 7) is 15.4. The van der Waals surface area contributed by atoms with E-state index in [4.69, 9.17) is 32.6 Å². The molecule has 2 aromatic heterocycles. The van der Waals surface area contributed by atoms with Crippen molar-refractivity contribution in [1.82, 2.24) is 24.8 Å². The Bertz CT molecular complexity index is 1820. The minimum Gasteiger partial charge on any atom is -0.462 e. The Hall–Kier alpha value is -4.27. The van der Waals surface area contributed by atoms with Gasteiger partial charge in [0.25, 0.3) is 0 Å². The lowest BCUT2D eigenvalue weighted by Gasteiger charge is -2.40. The summed E-state index contributed by atoms with van der Waals surface area (Å²) in [5.74, 6) is -0.172. The molecule has 2 aromatic carbocycles. The normalized spacial score (nSPS) is 19.1. The highest BCUT2D eigenvalue weighted by Gasteiger charge is 2.37. The first-order valence-corrected chi connectivity index (χ1v) is 15.9. The number of likely N-dealkylation sites (tertiary alicyclic amines) is 1. The van der Waals surface area contributed by atoms with Gasteiger partial charge in [-0.15, -0.1) is 0 Å². The number of carbonyl (C=O) groups excluding carboxylic acids is 1. The van der Waals surface area contributed by atoms with Crippen LogP contribution in [-0.4, -0.2) is 94.9 Å². The highest BCUT2D eigenvalue weighted by atomic mass is 35.5. The number of carbonyl (C=O) groups is 1. The Kier molecular flexibility index (Phi) is 8.86. The first kappa shape index (κ1) is 31.7. The van der Waals surface area contributed by atoms with Gasteiger partial charge < -0.3 is 24.1 Å². The number of piperazine rings is 1. The van der Waals surface area contributed by atoms with Crippen molar-refractivity contribution in [1.29, 1.82) is 0 Å². The fraction of sp³-hybridized carbons (Fsp3) is 0.441. The average molecular weight is 646 g/mol. The summed E-state index contributed by atoms with van der Waals surface area (Å²) in [5.41, 5.74) is 0.0816. The fourth-order valence-corrected chi connectivity index (χ4v) is 6.52. The quantitative estimate of drug-likeness (QED) is 0.221. The van der Waals surface area contributed by atoms with E-state index in [-0.39, 0.29) is 29.8 Å². The molecule has 2 saturated heterocycles. The molecule has 240 valence electrons. The number of rotatable bonds is 6. The molecule has 46 heavy (non-hydrogen) atoms. The molecule has 12 heteroatoms. The SMILES string of the molecule is [C-]#[N+]C[C@H]1CN(c2nc(OC[C@H]3CCCN3C)nc3c(F)c(-c4cccc5cccc(Cl)c45)ncc23)CCN1C(=O)OC(C)(C)C. The van der Waals surface area contributed by atoms with Crippen LogP contribution in [0.25, 0.3) is 37.8 Å². The van der Waals surface area contributed by atoms with Crippen molar-refractivity contribution in [2.24, 2.45) is 0 Å². The monoisotopic (exact) mass is 645 g/mol. The van der Waals surface area contributed by atoms with Crippen molar-refractivity contribution in [2.75, 3.05) is 51.3 Å². The van der Waals surface area contributed by atoms with Crippen LogP contribution in [0, 0.1) is 12.4 Å². The summed E-state index contributed by atoms with van der Waals surface area (Å²) >= 11 is 6.59. The number of amides is 1. The molecule has 2 fully saturated rings. The molecule has 10 nitrogen and oxygen atoms in total. The number of anilines is 1. The van der Waals surface area contributed by atoms with E-state index in [1.54, 1.807) is 23.2 Å². The van der Waals surface area contributed by atoms with E-state index in [1.165, 1.54) is 0 Å². The largest absolute Gasteiger partial charge is 0.462 e. The number of hydrogen-bond acceptors (Lipinski definition) is 8. The number of pyridine rings is 1. The van der Waals surface area contributed by atoms with Gasteiger partial charge in [0, 0.05) is 47.8 Å². The molecule has 0 bridgehead atoms. The van der Waals surface area contributed by atoms with Crippen LogP contribution >= 0.6 is 11.6 Å². The van der Waals surface area contributed by atoms with Crippen LogP contribution in [0.15, 0.2) is 42.6 Å². The lowest BCUT2D eigenvalue weighted by Crippen LogP contribution is -2.57. The number of aromatic nitrogens is 3. The predicted octanol–water partition coefficient (Wildman–Crippen LogP) is 6.46. The average Bonchev–Trinajstić information content (AvgIpc) is 3.43. The van der Waals surface area contributed by atoms with Gasteiger partial charge in [-0.05, 0) is 58.7 Å². The van der Waals surface area contributed by atoms with Crippen LogP contribution in [0.1, 0.15) is 33.6 Å². The number of benzene rings is 2. The third-order valence-corrected chi connectivity index (χ3v) is 8.86. The van der Waals surface area contributed by atoms with Gasteiger partial charge in [0.05, 0.1) is 5.39 Å². The van der Waals surface area contributed by atoms with Crippen LogP contribution in [0.4, 0.5) is 15.0 Å². The molecule has 0 aliphatic carbocycles. The zero-order chi connectivity index (χ0) is 32.6. The molecule has 4 aromatic rings. The summed E-state index contributed by atoms with van der Waals surface area (Å²) < 4.78 is 28.5. The van der Waals surface area contributed by atoms with Gasteiger partial charge in [-0.2, -0.15) is 9.97 Å². The number of hydrogen-bond donors (Lipinski definition) is 0. The molecule has 0 spiro atoms. The zero-order valence-corrected chi connectivity index (χ0v) is 27.2. The maximum atomic E-state index is 16.7. The molecule has 2 aliphatic rings. The molecule has 0 radical (unpaired) electrons. The first-order chi connectivity index (χ1) is 22.0. The second-order valence-electron chi connectivity index (χ2n) is 12.9. The molecule has 4 heterocycles. The lowest BCUT2D eigenvalue weighted by molar-refractivity contribution is 0.0155. The Balaban J connectivity index is 1.42. The van der Waals surface area contributed by atoms with Gasteiger partial charge in [0.1, 0.15) is 35.3 Å². The Labute approximate surface area is 272 Å². The maximum absolute atomic E-state index is 16.7. The molecular formula is C34H37ClFN7O3. The summed E-state index contributed by atoms with van der Waals surface area (Å²) in [7, 11) is 2.06. The molecular weight excluding hydrogens is 609 g/mol. The molecule has 0 N–H and O–H groups in total. The van der Waals surface area contributed by atoms with E-state index in [0.29, 0.717) is 53.4 Å². The van der Waals surface area contributed by atoms with Crippen LogP contribution in [-0.2, 0) is 4.74 Å². The molecule has 1 amide bonds. The van der Waals surface area contributed by atoms with Crippen LogP contribution in [0.2, 0.25) is 5.02 Å². The van der Waals surface area contributed by atoms with Gasteiger partial charge in [-0.3, -0.25) is 9.88 Å². The standard InChI is InChI=1S/C34H37ClFN7O3/c1-34(2,3)46-33(44)43-16-15-42(19-23(43)17-37-4)31-25-18-38-29(24-12-6-9-21-10-7-13-26(35)27(21)24)28(36)30(25)39-32(40-31)45-20-22-11-8-14-41(22)5/h6-7,9-10,12-13,18,22-23H,8,11,14-17,19-20H2,1-3,5H3/t22-,23+/m1/s1. The van der Waals surface area contributed by atoms with Gasteiger partial charge in [-0.1, -0.05) is 41.9 Å². The summed E-state index contributed by atoms with van der Waals surface area (Å²) in [6, 6.07) is 10.9. The van der Waals surface area contributed by atoms with Crippen molar-refractivity contribution >= 4 is 45.2 Å². The van der Waals surface area contributed by atoms with Gasteiger partial charge in [-0.25, -0.2) is 15.8 Å². The van der Waals surface area contributed by atoms with Gasteiger partial charge in [0.2, 0.25) is 6.54 Å². The second kappa shape index (κ2) is 12.9. The van der Waals surface area contributed by atoms with E-state index < -0.39 is 23.6 Å². The molecule has 2 atom stereocenters. The third-order valence-electron chi connectivity index (χ3n) is 8.54. The summed E-state index contributed by atoms with van der Waals surface area (Å²) in [5, 5.41) is 2.47. The van der Waals surface area contributed by atoms with E-state index in [0.717, 1.165) is 24.8 Å². The third kappa shape index (κ3) is 6.37. The Morgan fingerprint density at radius 2 is 1.91 bits per heavy atom. The summed E-state index contributed by atoms with van der Waals surface area (Å²) in [4.78, 5) is 36.4. The molecule has 6 rings (SSSR count). The number of fused-ring (bicyclic) bond motifs is 2. The number of nitrogens with zero attached hydrogens (tertiary/aromatic N) is 7. The zero-order valence-electron chi connectivity index (χ0n) is 26.5. The Morgan fingerprint density at radius 1 is 1.13 bits per heavy atom. The molecule has 0 unspecified atom stereocenters. The van der Waals surface area contributed by atoms with Gasteiger partial charge in [0.15, 0.2) is 5.82 Å². The second-order valence-corrected chi connectivity index (χ2v) is 13.3. The fourth-order valence-electron chi connectivity index (χ4n) is 6.24. The predicted molar refractivity (Wildman–Crippen MR) is 177 cm³/mol. The van der Waals surface area contributed by atoms with E-state index >= 15 is 4.39 Å². The lowest BCUT2D eigenvalue weighted by atomic mass is 10.0. The minimum atomic E-state index is -0.672. The van der Waals surface area contributed by atoms with Crippen LogP contribution in [0.3, 0.4) is 0 Å². The number of likely N-dealkylation sites (N-methyl/N-ethyl adjacent to an activating group) is 1. The number of ether oxygens (including phenoxy) is 2. The number of halogens is 2. The Morgan fingerprint density at radius 3 is 2.63 bits per heavy atom. The van der Waals surface area contributed by atoms with E-state index in [1.807, 2.05) is 49.9 Å². The molecule has 0 saturated carbocycles. The topological polar surface area (TPSA) is 88.3 Å². The molecule has 2 aliphatic heterocycles. The first-order valence-electron chi connectivity index (χ1n) is 15.5. The van der Waals surface area contributed by atoms with Crippen molar-refractivity contribution in [2.45, 2.75) is 51.3 Å². The van der Waals surface area contributed by atoms with Crippen molar-refractivity contribution < 1.29 is 18.7 Å². The minimum absolute atomic E-state index is 0.0612. The van der Waals surface area contributed by atoms with Crippen molar-refractivity contribution in [3.8, 4) is 17.3 Å². The van der Waals surface area contributed by atoms with E-state index in [9.17, 15) is 4.79 Å². The van der Waals surface area contributed by atoms with Crippen LogP contribution in [0.5, 0.6) is 6.01 Å². The maximum Gasteiger partial charge on any atom is 0.410 e. The van der Waals surface area contributed by atoms with Crippen LogP contribution < -0.4 is 9.64 Å². The smallest absolute Gasteiger partial charge is 0.410 e. The highest BCUT2D eigenvalue weighted by molar-refractivity contribution is 6.36.